The normalized spacial score (nSPS) is 14.6. The number of aliphatic hydroxyl groups is 1. The van der Waals surface area contributed by atoms with Gasteiger partial charge in [-0.2, -0.15) is 0 Å². The van der Waals surface area contributed by atoms with Gasteiger partial charge in [0.05, 0.1) is 26.4 Å². The molecule has 0 aromatic carbocycles. The van der Waals surface area contributed by atoms with Crippen LogP contribution in [0.3, 0.4) is 0 Å². The summed E-state index contributed by atoms with van der Waals surface area (Å²) in [6, 6.07) is 0. The molecule has 0 aliphatic carbocycles. The second kappa shape index (κ2) is 59.1. The Morgan fingerprint density at radius 1 is 0.333 bits per heavy atom. The van der Waals surface area contributed by atoms with Crippen molar-refractivity contribution in [1.29, 1.82) is 0 Å². The van der Waals surface area contributed by atoms with Crippen LogP contribution in [0, 0.1) is 17.8 Å². The Bertz CT molecular complexity index is 1720. The maximum atomic E-state index is 13.0. The van der Waals surface area contributed by atoms with E-state index in [0.29, 0.717) is 25.7 Å². The molecule has 0 aromatic rings. The predicted octanol–water partition coefficient (Wildman–Crippen LogP) is 19.1. The number of hydrogen-bond donors (Lipinski definition) is 3. The third-order valence-electron chi connectivity index (χ3n) is 16.0. The Morgan fingerprint density at radius 2 is 0.586 bits per heavy atom. The Labute approximate surface area is 530 Å². The van der Waals surface area contributed by atoms with Crippen molar-refractivity contribution in [3.63, 3.8) is 0 Å². The van der Waals surface area contributed by atoms with E-state index in [9.17, 15) is 43.2 Å². The minimum atomic E-state index is -4.95. The number of phosphoric ester groups is 2. The summed E-state index contributed by atoms with van der Waals surface area (Å²) >= 11 is 0. The van der Waals surface area contributed by atoms with Crippen LogP contribution in [0.5, 0.6) is 0 Å². The van der Waals surface area contributed by atoms with Crippen molar-refractivity contribution >= 4 is 39.5 Å². The number of rotatable bonds is 66. The van der Waals surface area contributed by atoms with Crippen LogP contribution in [-0.4, -0.2) is 96.7 Å². The Morgan fingerprint density at radius 3 is 0.874 bits per heavy atom. The Kier molecular flexibility index (Phi) is 57.8. The average Bonchev–Trinajstić information content (AvgIpc) is 3.69. The fourth-order valence-corrected chi connectivity index (χ4v) is 11.7. The highest BCUT2D eigenvalue weighted by Crippen LogP contribution is 2.45. The molecular weight excluding hydrogens is 1150 g/mol. The lowest BCUT2D eigenvalue weighted by molar-refractivity contribution is -0.161. The van der Waals surface area contributed by atoms with Crippen molar-refractivity contribution in [3.8, 4) is 0 Å². The standard InChI is InChI=1S/C68H132O17P2/c1-8-10-11-12-13-14-15-23-28-37-44-51-67(72)85-64(56-79-66(71)50-43-36-31-30-34-41-48-61(7)9-2)58-83-87(76,77)81-54-62(69)53-80-86(74,75)82-57-63(84-68(73)52-45-38-29-24-19-17-21-26-33-40-47-60(5)6)55-78-65(70)49-42-35-27-22-18-16-20-25-32-39-46-59(3)4/h59-64,69H,8-58H2,1-7H3,(H,74,75)(H,76,77)/t61?,62-,63-,64-/m1/s1. The van der Waals surface area contributed by atoms with Gasteiger partial charge in [0.1, 0.15) is 19.3 Å². The summed E-state index contributed by atoms with van der Waals surface area (Å²) in [5.41, 5.74) is 0. The van der Waals surface area contributed by atoms with E-state index in [4.69, 9.17) is 37.0 Å². The van der Waals surface area contributed by atoms with Crippen LogP contribution in [0.2, 0.25) is 0 Å². The molecule has 0 heterocycles. The van der Waals surface area contributed by atoms with Crippen LogP contribution in [0.1, 0.15) is 337 Å². The maximum Gasteiger partial charge on any atom is 0.472 e. The highest BCUT2D eigenvalue weighted by Gasteiger charge is 2.30. The molecule has 516 valence electrons. The molecule has 0 saturated carbocycles. The number of unbranched alkanes of at least 4 members (excludes halogenated alkanes) is 33. The number of hydrogen-bond acceptors (Lipinski definition) is 15. The molecule has 19 heteroatoms. The second-order valence-electron chi connectivity index (χ2n) is 25.8. The molecule has 17 nitrogen and oxygen atoms in total. The summed E-state index contributed by atoms with van der Waals surface area (Å²) in [5, 5.41) is 10.6. The lowest BCUT2D eigenvalue weighted by atomic mass is 10.00. The Balaban J connectivity index is 5.26. The summed E-state index contributed by atoms with van der Waals surface area (Å²) < 4.78 is 68.2. The van der Waals surface area contributed by atoms with Gasteiger partial charge in [-0.15, -0.1) is 0 Å². The SMILES string of the molecule is CCCCCCCCCCCCCC(=O)O[C@H](COC(=O)CCCCCCCCC(C)CC)COP(=O)(O)OC[C@H](O)COP(=O)(O)OC[C@@H](COC(=O)CCCCCCCCCCCCC(C)C)OC(=O)CCCCCCCCCCCCC(C)C. The first-order valence-corrected chi connectivity index (χ1v) is 38.4. The number of aliphatic hydroxyl groups excluding tert-OH is 1. The van der Waals surface area contributed by atoms with Gasteiger partial charge in [0.15, 0.2) is 12.2 Å². The zero-order chi connectivity index (χ0) is 64.5. The van der Waals surface area contributed by atoms with Gasteiger partial charge in [-0.25, -0.2) is 9.13 Å². The molecule has 0 aliphatic heterocycles. The highest BCUT2D eigenvalue weighted by atomic mass is 31.2. The number of carbonyl (C=O) groups is 4. The summed E-state index contributed by atoms with van der Waals surface area (Å²) in [6.45, 7) is 11.8. The van der Waals surface area contributed by atoms with Crippen molar-refractivity contribution in [1.82, 2.24) is 0 Å². The fraction of sp³-hybridized carbons (Fsp3) is 0.941. The van der Waals surface area contributed by atoms with E-state index in [1.54, 1.807) is 0 Å². The largest absolute Gasteiger partial charge is 0.472 e. The molecule has 0 rings (SSSR count). The third-order valence-corrected chi connectivity index (χ3v) is 17.9. The van der Waals surface area contributed by atoms with Crippen molar-refractivity contribution in [3.05, 3.63) is 0 Å². The number of ether oxygens (including phenoxy) is 4. The molecule has 0 aliphatic rings. The van der Waals surface area contributed by atoms with E-state index in [0.717, 1.165) is 114 Å². The topological polar surface area (TPSA) is 237 Å². The van der Waals surface area contributed by atoms with E-state index < -0.39 is 97.5 Å². The van der Waals surface area contributed by atoms with Crippen LogP contribution in [0.4, 0.5) is 0 Å². The van der Waals surface area contributed by atoms with Crippen LogP contribution in [0.15, 0.2) is 0 Å². The molecule has 0 radical (unpaired) electrons. The molecule has 0 aromatic heterocycles. The van der Waals surface area contributed by atoms with Gasteiger partial charge in [-0.1, -0.05) is 286 Å². The summed E-state index contributed by atoms with van der Waals surface area (Å²) in [5.74, 6) is 0.112. The van der Waals surface area contributed by atoms with Crippen LogP contribution < -0.4 is 0 Å². The number of carbonyl (C=O) groups excluding carboxylic acids is 4. The van der Waals surface area contributed by atoms with Gasteiger partial charge >= 0.3 is 39.5 Å². The van der Waals surface area contributed by atoms with E-state index in [1.807, 2.05) is 0 Å². The lowest BCUT2D eigenvalue weighted by Gasteiger charge is -2.21. The minimum Gasteiger partial charge on any atom is -0.462 e. The maximum absolute atomic E-state index is 13.0. The molecule has 6 atom stereocenters. The molecule has 0 spiro atoms. The second-order valence-corrected chi connectivity index (χ2v) is 28.7. The predicted molar refractivity (Wildman–Crippen MR) is 349 cm³/mol. The smallest absolute Gasteiger partial charge is 0.462 e. The van der Waals surface area contributed by atoms with E-state index in [2.05, 4.69) is 48.5 Å². The third kappa shape index (κ3) is 61.3. The van der Waals surface area contributed by atoms with Gasteiger partial charge < -0.3 is 33.8 Å². The van der Waals surface area contributed by atoms with Crippen LogP contribution in [0.25, 0.3) is 0 Å². The molecule has 0 amide bonds. The Hall–Kier alpha value is -1.94. The highest BCUT2D eigenvalue weighted by molar-refractivity contribution is 7.47. The average molecular weight is 1280 g/mol. The van der Waals surface area contributed by atoms with Gasteiger partial charge in [0.25, 0.3) is 0 Å². The van der Waals surface area contributed by atoms with Crippen molar-refractivity contribution < 1.29 is 80.2 Å². The molecule has 0 fully saturated rings. The molecule has 87 heavy (non-hydrogen) atoms. The van der Waals surface area contributed by atoms with Gasteiger partial charge in [-0.05, 0) is 43.4 Å². The molecule has 0 saturated heterocycles. The monoisotopic (exact) mass is 1280 g/mol. The summed E-state index contributed by atoms with van der Waals surface area (Å²) in [7, 11) is -9.90. The first-order chi connectivity index (χ1) is 41.8. The fourth-order valence-electron chi connectivity index (χ4n) is 10.2. The first kappa shape index (κ1) is 85.1. The molecule has 3 unspecified atom stereocenters. The van der Waals surface area contributed by atoms with E-state index in [1.165, 1.54) is 141 Å². The molecule has 3 N–H and O–H groups in total. The van der Waals surface area contributed by atoms with Gasteiger partial charge in [-0.3, -0.25) is 37.3 Å². The van der Waals surface area contributed by atoms with E-state index in [-0.39, 0.29) is 25.7 Å². The molecule has 0 bridgehead atoms. The summed E-state index contributed by atoms with van der Waals surface area (Å²) in [6.07, 6.45) is 41.6. The van der Waals surface area contributed by atoms with Crippen molar-refractivity contribution in [2.24, 2.45) is 17.8 Å². The lowest BCUT2D eigenvalue weighted by Crippen LogP contribution is -2.30. The van der Waals surface area contributed by atoms with Gasteiger partial charge in [0.2, 0.25) is 0 Å². The van der Waals surface area contributed by atoms with Crippen LogP contribution >= 0.6 is 15.6 Å². The first-order valence-electron chi connectivity index (χ1n) is 35.4. The minimum absolute atomic E-state index is 0.105. The van der Waals surface area contributed by atoms with Crippen molar-refractivity contribution in [2.75, 3.05) is 39.6 Å². The number of esters is 4. The van der Waals surface area contributed by atoms with Crippen LogP contribution in [-0.2, 0) is 65.4 Å². The quantitative estimate of drug-likeness (QED) is 0.0222. The zero-order valence-electron chi connectivity index (χ0n) is 56.5. The zero-order valence-corrected chi connectivity index (χ0v) is 58.3. The van der Waals surface area contributed by atoms with Crippen molar-refractivity contribution in [2.45, 2.75) is 356 Å². The van der Waals surface area contributed by atoms with Gasteiger partial charge in [0, 0.05) is 25.7 Å². The number of phosphoric acid groups is 2. The summed E-state index contributed by atoms with van der Waals surface area (Å²) in [4.78, 5) is 72.4. The van der Waals surface area contributed by atoms with E-state index >= 15 is 0 Å². The molecular formula is C68H132O17P2.